The van der Waals surface area contributed by atoms with Crippen LogP contribution in [0.1, 0.15) is 82.6 Å². The smallest absolute Gasteiger partial charge is 0.230 e. The predicted octanol–water partition coefficient (Wildman–Crippen LogP) is 4.50. The van der Waals surface area contributed by atoms with Gasteiger partial charge in [0.25, 0.3) is 0 Å². The highest BCUT2D eigenvalue weighted by molar-refractivity contribution is 5.95. The molecule has 1 saturated carbocycles. The molecule has 1 aliphatic carbocycles. The predicted molar refractivity (Wildman–Crippen MR) is 136 cm³/mol. The second kappa shape index (κ2) is 9.99. The maximum atomic E-state index is 13.6. The molecule has 1 aromatic carbocycles. The van der Waals surface area contributed by atoms with Crippen LogP contribution in [0, 0.1) is 18.3 Å². The average Bonchev–Trinajstić information content (AvgIpc) is 3.38. The molecule has 2 fully saturated rings. The highest BCUT2D eigenvalue weighted by Gasteiger charge is 2.44. The summed E-state index contributed by atoms with van der Waals surface area (Å²) in [4.78, 5) is 27.6. The zero-order valence-electron chi connectivity index (χ0n) is 21.9. The Kier molecular flexibility index (Phi) is 7.20. The first-order chi connectivity index (χ1) is 16.6. The van der Waals surface area contributed by atoms with Crippen molar-refractivity contribution in [1.82, 2.24) is 19.7 Å². The van der Waals surface area contributed by atoms with E-state index in [2.05, 4.69) is 40.9 Å². The van der Waals surface area contributed by atoms with Crippen molar-refractivity contribution in [3.05, 3.63) is 35.4 Å². The molecule has 0 spiro atoms. The lowest BCUT2D eigenvalue weighted by Gasteiger charge is -2.20. The van der Waals surface area contributed by atoms with Gasteiger partial charge in [-0.1, -0.05) is 26.8 Å². The summed E-state index contributed by atoms with van der Waals surface area (Å²) < 4.78 is 7.70. The molecule has 0 bridgehead atoms. The number of carbonyl (C=O) groups is 2. The number of nitrogens with zero attached hydrogens (tertiary/aromatic N) is 4. The molecule has 2 aromatic rings. The van der Waals surface area contributed by atoms with E-state index < -0.39 is 5.92 Å². The monoisotopic (exact) mass is 481 g/mol. The number of anilines is 1. The van der Waals surface area contributed by atoms with Gasteiger partial charge in [0.15, 0.2) is 0 Å². The summed E-state index contributed by atoms with van der Waals surface area (Å²) in [5.41, 5.74) is 1.88. The normalized spacial score (nSPS) is 20.2. The van der Waals surface area contributed by atoms with Gasteiger partial charge in [0.1, 0.15) is 17.4 Å². The second-order valence-corrected chi connectivity index (χ2v) is 11.2. The molecular formula is C27H39N5O3. The summed E-state index contributed by atoms with van der Waals surface area (Å²) in [6, 6.07) is 6.02. The van der Waals surface area contributed by atoms with Gasteiger partial charge < -0.3 is 19.5 Å². The van der Waals surface area contributed by atoms with E-state index in [1.54, 1.807) is 18.9 Å². The average molecular weight is 482 g/mol. The van der Waals surface area contributed by atoms with Gasteiger partial charge in [-0.2, -0.15) is 0 Å². The van der Waals surface area contributed by atoms with E-state index in [1.165, 1.54) is 0 Å². The van der Waals surface area contributed by atoms with Crippen molar-refractivity contribution in [3.8, 4) is 5.75 Å². The molecule has 1 aliphatic heterocycles. The fraction of sp³-hybridized carbons (Fsp3) is 0.630. The van der Waals surface area contributed by atoms with Gasteiger partial charge in [-0.25, -0.2) is 0 Å². The summed E-state index contributed by atoms with van der Waals surface area (Å²) in [6.45, 7) is 11.1. The van der Waals surface area contributed by atoms with Crippen molar-refractivity contribution in [1.29, 1.82) is 0 Å². The molecule has 8 nitrogen and oxygen atoms in total. The fourth-order valence-electron chi connectivity index (χ4n) is 5.05. The zero-order chi connectivity index (χ0) is 25.3. The molecule has 8 heteroatoms. The number of likely N-dealkylation sites (tertiary alicyclic amines) is 1. The summed E-state index contributed by atoms with van der Waals surface area (Å²) in [7, 11) is 1.62. The number of carbonyl (C=O) groups excluding carboxylic acids is 2. The van der Waals surface area contributed by atoms with Gasteiger partial charge in [0, 0.05) is 43.7 Å². The number of benzene rings is 1. The maximum Gasteiger partial charge on any atom is 0.230 e. The summed E-state index contributed by atoms with van der Waals surface area (Å²) in [6.07, 6.45) is 5.27. The number of ether oxygens (including phenoxy) is 1. The molecule has 2 aliphatic rings. The molecule has 2 atom stereocenters. The van der Waals surface area contributed by atoms with Gasteiger partial charge in [-0.05, 0) is 50.2 Å². The van der Waals surface area contributed by atoms with Gasteiger partial charge in [-0.15, -0.1) is 10.2 Å². The number of methoxy groups -OCH3 is 1. The first-order valence-electron chi connectivity index (χ1n) is 12.7. The van der Waals surface area contributed by atoms with Gasteiger partial charge in [0.05, 0.1) is 18.9 Å². The number of hydrogen-bond donors (Lipinski definition) is 1. The molecule has 4 rings (SSSR count). The molecule has 2 heterocycles. The Morgan fingerprint density at radius 3 is 2.54 bits per heavy atom. The van der Waals surface area contributed by atoms with Crippen LogP contribution in [0.4, 0.5) is 5.69 Å². The van der Waals surface area contributed by atoms with Crippen LogP contribution in [0.3, 0.4) is 0 Å². The van der Waals surface area contributed by atoms with Crippen LogP contribution in [0.2, 0.25) is 0 Å². The molecule has 35 heavy (non-hydrogen) atoms. The SMILES string of the molecule is COc1cccc(NC(=O)[C@H]2CN(C(C)=O)C[C@@H]2c2nnc(CCCC(C)(C)C)n2C2CC2)c1C. The van der Waals surface area contributed by atoms with Crippen LogP contribution in [-0.4, -0.2) is 51.7 Å². The topological polar surface area (TPSA) is 89.3 Å². The minimum absolute atomic E-state index is 0.0225. The van der Waals surface area contributed by atoms with Crippen LogP contribution in [-0.2, 0) is 16.0 Å². The molecule has 190 valence electrons. The minimum Gasteiger partial charge on any atom is -0.496 e. The Hall–Kier alpha value is -2.90. The third-order valence-corrected chi connectivity index (χ3v) is 7.23. The van der Waals surface area contributed by atoms with E-state index in [1.807, 2.05) is 25.1 Å². The molecule has 2 amide bonds. The number of nitrogens with one attached hydrogen (secondary N) is 1. The number of amides is 2. The summed E-state index contributed by atoms with van der Waals surface area (Å²) >= 11 is 0. The van der Waals surface area contributed by atoms with E-state index in [4.69, 9.17) is 4.74 Å². The molecule has 0 radical (unpaired) electrons. The van der Waals surface area contributed by atoms with Crippen molar-refractivity contribution < 1.29 is 14.3 Å². The highest BCUT2D eigenvalue weighted by atomic mass is 16.5. The van der Waals surface area contributed by atoms with E-state index in [9.17, 15) is 9.59 Å². The molecule has 1 aromatic heterocycles. The summed E-state index contributed by atoms with van der Waals surface area (Å²) in [5.74, 6) is 1.88. The standard InChI is InChI=1S/C27H39N5O3/c1-17-22(9-7-10-23(17)35-6)28-26(34)21-16-31(18(2)33)15-20(21)25-30-29-24(32(25)19-12-13-19)11-8-14-27(3,4)5/h7,9-10,19-21H,8,11-16H2,1-6H3,(H,28,34)/t20-,21-/m0/s1. The summed E-state index contributed by atoms with van der Waals surface area (Å²) in [5, 5.41) is 12.3. The van der Waals surface area contributed by atoms with E-state index in [0.29, 0.717) is 19.1 Å². The van der Waals surface area contributed by atoms with Gasteiger partial charge in [-0.3, -0.25) is 9.59 Å². The van der Waals surface area contributed by atoms with E-state index in [-0.39, 0.29) is 23.1 Å². The van der Waals surface area contributed by atoms with Crippen molar-refractivity contribution in [3.63, 3.8) is 0 Å². The van der Waals surface area contributed by atoms with Crippen LogP contribution < -0.4 is 10.1 Å². The quantitative estimate of drug-likeness (QED) is 0.600. The van der Waals surface area contributed by atoms with Crippen LogP contribution in [0.25, 0.3) is 0 Å². The van der Waals surface area contributed by atoms with Crippen LogP contribution in [0.5, 0.6) is 5.75 Å². The molecular weight excluding hydrogens is 442 g/mol. The zero-order valence-corrected chi connectivity index (χ0v) is 21.9. The number of rotatable bonds is 8. The van der Waals surface area contributed by atoms with Crippen molar-refractivity contribution in [2.75, 3.05) is 25.5 Å². The number of aromatic nitrogens is 3. The van der Waals surface area contributed by atoms with E-state index >= 15 is 0 Å². The van der Waals surface area contributed by atoms with Gasteiger partial charge in [0.2, 0.25) is 11.8 Å². The lowest BCUT2D eigenvalue weighted by atomic mass is 9.90. The first-order valence-corrected chi connectivity index (χ1v) is 12.7. The number of aryl methyl sites for hydroxylation is 1. The minimum atomic E-state index is -0.395. The van der Waals surface area contributed by atoms with Gasteiger partial charge >= 0.3 is 0 Å². The van der Waals surface area contributed by atoms with Crippen molar-refractivity contribution in [2.45, 2.75) is 78.7 Å². The number of hydrogen-bond acceptors (Lipinski definition) is 5. The fourth-order valence-corrected chi connectivity index (χ4v) is 5.05. The third-order valence-electron chi connectivity index (χ3n) is 7.23. The first kappa shape index (κ1) is 25.2. The van der Waals surface area contributed by atoms with Crippen molar-refractivity contribution >= 4 is 17.5 Å². The Morgan fingerprint density at radius 1 is 1.17 bits per heavy atom. The Morgan fingerprint density at radius 2 is 1.91 bits per heavy atom. The lowest BCUT2D eigenvalue weighted by molar-refractivity contribution is -0.128. The van der Waals surface area contributed by atoms with Crippen LogP contribution >= 0.6 is 0 Å². The highest BCUT2D eigenvalue weighted by Crippen LogP contribution is 2.42. The molecule has 1 N–H and O–H groups in total. The Balaban J connectivity index is 1.60. The van der Waals surface area contributed by atoms with E-state index in [0.717, 1.165) is 60.8 Å². The third kappa shape index (κ3) is 5.68. The van der Waals surface area contributed by atoms with Crippen molar-refractivity contribution in [2.24, 2.45) is 11.3 Å². The molecule has 0 unspecified atom stereocenters. The molecule has 1 saturated heterocycles. The lowest BCUT2D eigenvalue weighted by Crippen LogP contribution is -2.31. The second-order valence-electron chi connectivity index (χ2n) is 11.2. The maximum absolute atomic E-state index is 13.6. The Labute approximate surface area is 208 Å². The Bertz CT molecular complexity index is 1080. The van der Waals surface area contributed by atoms with Crippen LogP contribution in [0.15, 0.2) is 18.2 Å². The largest absolute Gasteiger partial charge is 0.496 e.